The van der Waals surface area contributed by atoms with Gasteiger partial charge in [0.1, 0.15) is 5.75 Å². The molecule has 4 N–H and O–H groups in total. The van der Waals surface area contributed by atoms with Crippen molar-refractivity contribution in [3.63, 3.8) is 0 Å². The number of rotatable bonds is 6. The molecule has 0 saturated carbocycles. The summed E-state index contributed by atoms with van der Waals surface area (Å²) in [6, 6.07) is 7.37. The number of hydrogen-bond acceptors (Lipinski definition) is 11. The van der Waals surface area contributed by atoms with Gasteiger partial charge in [-0.05, 0) is 12.1 Å². The van der Waals surface area contributed by atoms with Crippen LogP contribution >= 0.6 is 19.9 Å². The summed E-state index contributed by atoms with van der Waals surface area (Å²) in [5, 5.41) is 11.5. The van der Waals surface area contributed by atoms with E-state index in [4.69, 9.17) is 18.5 Å². The molecule has 0 aliphatic carbocycles. The maximum atomic E-state index is 13.5. The number of imidazole rings is 2. The summed E-state index contributed by atoms with van der Waals surface area (Å²) in [7, 11) is -2.76. The van der Waals surface area contributed by atoms with E-state index in [2.05, 4.69) is 15.0 Å². The van der Waals surface area contributed by atoms with Gasteiger partial charge in [0.2, 0.25) is 0 Å². The SMILES string of the molecule is CCCSc1nc2c(=O)n3cc(-c4ccc(OC)cc4)[nH]c3nc2n1[C@@H]1OC2CO[PH](O)(O)O[C@H]2C1O. The van der Waals surface area contributed by atoms with Gasteiger partial charge >= 0.3 is 185 Å². The first-order valence-corrected chi connectivity index (χ1v) is 14.4. The number of H-pyrrole nitrogens is 1. The van der Waals surface area contributed by atoms with Gasteiger partial charge in [0.25, 0.3) is 0 Å². The Balaban J connectivity index is 1.47. The number of hydrogen-bond donors (Lipinski definition) is 4. The van der Waals surface area contributed by atoms with Gasteiger partial charge in [-0.1, -0.05) is 0 Å². The molecule has 4 atom stereocenters. The first-order chi connectivity index (χ1) is 17.8. The van der Waals surface area contributed by atoms with Gasteiger partial charge in [0, 0.05) is 0 Å². The first-order valence-electron chi connectivity index (χ1n) is 11.7. The van der Waals surface area contributed by atoms with Crippen molar-refractivity contribution in [2.24, 2.45) is 0 Å². The Labute approximate surface area is 214 Å². The Morgan fingerprint density at radius 1 is 1.27 bits per heavy atom. The fraction of sp³-hybridized carbons (Fsp3) is 0.409. The molecule has 2 unspecified atom stereocenters. The van der Waals surface area contributed by atoms with E-state index in [0.29, 0.717) is 22.4 Å². The molecule has 4 aromatic rings. The molecule has 1 aromatic carbocycles. The quantitative estimate of drug-likeness (QED) is 0.203. The number of aromatic nitrogens is 5. The van der Waals surface area contributed by atoms with Crippen molar-refractivity contribution in [2.45, 2.75) is 43.0 Å². The number of ether oxygens (including phenoxy) is 2. The van der Waals surface area contributed by atoms with Crippen LogP contribution in [0, 0.1) is 0 Å². The molecule has 37 heavy (non-hydrogen) atoms. The second-order valence-electron chi connectivity index (χ2n) is 8.79. The minimum absolute atomic E-state index is 0.118. The minimum atomic E-state index is -4.35. The number of aliphatic hydroxyl groups excluding tert-OH is 1. The second kappa shape index (κ2) is 9.33. The third kappa shape index (κ3) is 4.23. The molecule has 3 aromatic heterocycles. The summed E-state index contributed by atoms with van der Waals surface area (Å²) in [5.41, 5.74) is 1.48. The Morgan fingerprint density at radius 2 is 2.05 bits per heavy atom. The topological polar surface area (TPSA) is 166 Å². The van der Waals surface area contributed by atoms with E-state index in [1.165, 1.54) is 16.2 Å². The van der Waals surface area contributed by atoms with Crippen molar-refractivity contribution in [3.05, 3.63) is 40.8 Å². The number of methoxy groups -OCH3 is 1. The standard InChI is InChI=1S/C22H26N5O8PS/c1-3-8-37-22-24-15-18(27(22)20-16(28)17-14(34-20)10-33-36(30,31)35-17)25-21-23-13(9-26(21)19(15)29)11-4-6-12(32-2)7-5-11/h4-7,9,14,16-17,20,28,30-31,36H,3,8,10H2,1-2H3,(H,23,25)/t14?,16?,17-,20-/m1/s1. The molecule has 13 nitrogen and oxygen atoms in total. The number of nitrogens with one attached hydrogen (secondary N) is 1. The fourth-order valence-corrected chi connectivity index (χ4v) is 6.53. The van der Waals surface area contributed by atoms with Crippen LogP contribution in [0.5, 0.6) is 5.75 Å². The number of fused-ring (bicyclic) bond motifs is 3. The fourth-order valence-electron chi connectivity index (χ4n) is 4.57. The molecule has 0 amide bonds. The molecule has 2 fully saturated rings. The Morgan fingerprint density at radius 3 is 2.78 bits per heavy atom. The molecule has 198 valence electrons. The molecular formula is C22H26N5O8PS. The molecule has 5 heterocycles. The average Bonchev–Trinajstić information content (AvgIpc) is 3.56. The molecule has 0 bridgehead atoms. The van der Waals surface area contributed by atoms with E-state index in [9.17, 15) is 19.7 Å². The van der Waals surface area contributed by atoms with Gasteiger partial charge in [-0.3, -0.25) is 0 Å². The zero-order valence-electron chi connectivity index (χ0n) is 19.9. The number of aromatic amines is 1. The van der Waals surface area contributed by atoms with Gasteiger partial charge in [0.15, 0.2) is 0 Å². The van der Waals surface area contributed by atoms with Crippen molar-refractivity contribution in [3.8, 4) is 17.0 Å². The van der Waals surface area contributed by atoms with Crippen LogP contribution < -0.4 is 10.3 Å². The van der Waals surface area contributed by atoms with Crippen molar-refractivity contribution >= 4 is 36.9 Å². The summed E-state index contributed by atoms with van der Waals surface area (Å²) in [4.78, 5) is 45.7. The van der Waals surface area contributed by atoms with Crippen LogP contribution in [0.15, 0.2) is 40.4 Å². The third-order valence-electron chi connectivity index (χ3n) is 6.34. The average molecular weight is 552 g/mol. The number of benzene rings is 1. The monoisotopic (exact) mass is 551 g/mol. The Bertz CT molecular complexity index is 1520. The summed E-state index contributed by atoms with van der Waals surface area (Å²) in [6.07, 6.45) is -1.55. The van der Waals surface area contributed by atoms with Gasteiger partial charge in [-0.2, -0.15) is 0 Å². The van der Waals surface area contributed by atoms with E-state index in [-0.39, 0.29) is 29.1 Å². The van der Waals surface area contributed by atoms with Crippen molar-refractivity contribution in [1.82, 2.24) is 23.9 Å². The maximum absolute atomic E-state index is 13.5. The van der Waals surface area contributed by atoms with Crippen molar-refractivity contribution in [2.75, 3.05) is 19.5 Å². The molecule has 2 aliphatic heterocycles. The van der Waals surface area contributed by atoms with Crippen LogP contribution in [-0.2, 0) is 13.8 Å². The van der Waals surface area contributed by atoms with E-state index in [1.54, 1.807) is 17.9 Å². The molecule has 15 heteroatoms. The summed E-state index contributed by atoms with van der Waals surface area (Å²) < 4.78 is 24.5. The van der Waals surface area contributed by atoms with Crippen molar-refractivity contribution < 1.29 is 33.4 Å². The van der Waals surface area contributed by atoms with E-state index in [1.807, 2.05) is 31.2 Å². The molecule has 6 rings (SSSR count). The first kappa shape index (κ1) is 24.8. The molecular weight excluding hydrogens is 525 g/mol. The zero-order valence-corrected chi connectivity index (χ0v) is 21.7. The summed E-state index contributed by atoms with van der Waals surface area (Å²) in [5.74, 6) is 1.71. The Hall–Kier alpha value is -2.55. The van der Waals surface area contributed by atoms with Crippen molar-refractivity contribution in [1.29, 1.82) is 0 Å². The van der Waals surface area contributed by atoms with Crippen LogP contribution in [0.1, 0.15) is 19.6 Å². The van der Waals surface area contributed by atoms with Crippen LogP contribution in [-0.4, -0.2) is 76.6 Å². The predicted molar refractivity (Wildman–Crippen MR) is 136 cm³/mol. The number of nitrogens with zero attached hydrogens (tertiary/aromatic N) is 4. The Kier molecular flexibility index (Phi) is 6.24. The molecule has 0 spiro atoms. The molecule has 2 saturated heterocycles. The number of aliphatic hydroxyl groups is 1. The second-order valence-corrected chi connectivity index (χ2v) is 11.5. The molecule has 0 radical (unpaired) electrons. The third-order valence-corrected chi connectivity index (χ3v) is 8.63. The zero-order chi connectivity index (χ0) is 25.9. The predicted octanol–water partition coefficient (Wildman–Crippen LogP) is 1.62. The number of thioether (sulfide) groups is 1. The summed E-state index contributed by atoms with van der Waals surface area (Å²) in [6.45, 7) is 1.87. The van der Waals surface area contributed by atoms with Gasteiger partial charge in [-0.15, -0.1) is 0 Å². The van der Waals surface area contributed by atoms with Crippen LogP contribution in [0.4, 0.5) is 0 Å². The van der Waals surface area contributed by atoms with E-state index < -0.39 is 32.7 Å². The van der Waals surface area contributed by atoms with E-state index >= 15 is 0 Å². The van der Waals surface area contributed by atoms with Crippen LogP contribution in [0.3, 0.4) is 0 Å². The van der Waals surface area contributed by atoms with E-state index in [0.717, 1.165) is 12.0 Å². The normalized spacial score (nSPS) is 26.0. The van der Waals surface area contributed by atoms with Gasteiger partial charge in [0.05, 0.1) is 7.11 Å². The van der Waals surface area contributed by atoms with Crippen LogP contribution in [0.25, 0.3) is 28.2 Å². The van der Waals surface area contributed by atoms with Crippen LogP contribution in [0.2, 0.25) is 0 Å². The van der Waals surface area contributed by atoms with Gasteiger partial charge < -0.3 is 4.74 Å². The molecule has 2 aliphatic rings. The van der Waals surface area contributed by atoms with Gasteiger partial charge in [-0.25, -0.2) is 0 Å². The summed E-state index contributed by atoms with van der Waals surface area (Å²) >= 11 is 1.40.